The number of alkyl halides is 6. The summed E-state index contributed by atoms with van der Waals surface area (Å²) in [5.41, 5.74) is -5.32. The Kier molecular flexibility index (Phi) is 11.1. The van der Waals surface area contributed by atoms with Crippen LogP contribution in [0.4, 0.5) is 35.1 Å². The van der Waals surface area contributed by atoms with Gasteiger partial charge in [0.2, 0.25) is 0 Å². The quantitative estimate of drug-likeness (QED) is 0.0555. The van der Waals surface area contributed by atoms with Crippen molar-refractivity contribution in [2.75, 3.05) is 26.4 Å². The average molecular weight is 715 g/mol. The van der Waals surface area contributed by atoms with Crippen molar-refractivity contribution in [1.82, 2.24) is 0 Å². The van der Waals surface area contributed by atoms with E-state index in [4.69, 9.17) is 18.9 Å². The number of epoxide rings is 2. The Labute approximate surface area is 278 Å². The predicted octanol–water partition coefficient (Wildman–Crippen LogP) is 7.58. The minimum atomic E-state index is -5.77. The summed E-state index contributed by atoms with van der Waals surface area (Å²) < 4.78 is 143. The highest BCUT2D eigenvalue weighted by molar-refractivity contribution is 5.90. The van der Waals surface area contributed by atoms with Crippen molar-refractivity contribution < 1.29 is 73.1 Å². The molecule has 2 heterocycles. The molecule has 266 valence electrons. The molecule has 0 bridgehead atoms. The largest absolute Gasteiger partial charge is 0.493 e. The van der Waals surface area contributed by atoms with E-state index in [1.807, 2.05) is 0 Å². The zero-order valence-electron chi connectivity index (χ0n) is 25.6. The molecule has 2 fully saturated rings. The van der Waals surface area contributed by atoms with Gasteiger partial charge >= 0.3 is 24.3 Å². The molecule has 0 radical (unpaired) electrons. The molecule has 2 atom stereocenters. The van der Waals surface area contributed by atoms with Gasteiger partial charge in [0.1, 0.15) is 45.8 Å². The molecule has 3 aromatic rings. The summed E-state index contributed by atoms with van der Waals surface area (Å²) in [6.07, 6.45) is -7.47. The minimum absolute atomic E-state index is 0.0898. The molecule has 0 N–H and O–H groups in total. The number of ether oxygens (including phenoxy) is 6. The normalized spacial score (nSPS) is 17.2. The Balaban J connectivity index is 1.28. The summed E-state index contributed by atoms with van der Waals surface area (Å²) in [7, 11) is 0. The van der Waals surface area contributed by atoms with Crippen LogP contribution in [0, 0.1) is 11.6 Å². The summed E-state index contributed by atoms with van der Waals surface area (Å²) in [5, 5.41) is 0. The topological polar surface area (TPSA) is 96.1 Å². The number of hydrogen-bond donors (Lipinski definition) is 0. The highest BCUT2D eigenvalue weighted by Crippen LogP contribution is 2.49. The molecule has 0 aromatic heterocycles. The van der Waals surface area contributed by atoms with Crippen molar-refractivity contribution in [3.05, 3.63) is 94.6 Å². The Morgan fingerprint density at radius 2 is 1.04 bits per heavy atom. The number of halogens is 8. The maximum atomic E-state index is 14.5. The van der Waals surface area contributed by atoms with Crippen LogP contribution < -0.4 is 18.9 Å². The smallest absolute Gasteiger partial charge is 0.420 e. The van der Waals surface area contributed by atoms with E-state index >= 15 is 0 Å². The first-order chi connectivity index (χ1) is 23.7. The molecule has 50 heavy (non-hydrogen) atoms. The highest BCUT2D eigenvalue weighted by Gasteiger charge is 2.48. The standard InChI is InChI=1S/C34H26F8O8/c35-25-15-21(45-13-11-23-17-47-23)5-1-19(25)3-9-29(43)49-27-7-8-28(32(34(40,41)42)31(27)33(37,38)39)50-30(44)10-4-20-2-6-22(16-26(20)36)46-14-12-24-18-48-24/h1-10,15-16,23-24H,11-14,17-18H2/b9-3+,10-4+. The molecule has 3 aromatic carbocycles. The SMILES string of the molecule is O=C(/C=C/c1ccc(OCCC2CO2)cc1F)Oc1ccc(OC(=O)/C=C/c2ccc(OCCC3CO3)cc2F)c(C(F)(F)F)c1C(F)(F)F. The van der Waals surface area contributed by atoms with Crippen molar-refractivity contribution in [3.63, 3.8) is 0 Å². The van der Waals surface area contributed by atoms with Gasteiger partial charge in [0, 0.05) is 48.3 Å². The van der Waals surface area contributed by atoms with E-state index in [1.54, 1.807) is 0 Å². The van der Waals surface area contributed by atoms with E-state index in [0.717, 1.165) is 24.3 Å². The van der Waals surface area contributed by atoms with Crippen molar-refractivity contribution in [1.29, 1.82) is 0 Å². The second-order valence-electron chi connectivity index (χ2n) is 10.9. The lowest BCUT2D eigenvalue weighted by atomic mass is 10.0. The summed E-state index contributed by atoms with van der Waals surface area (Å²) in [6, 6.07) is 7.84. The van der Waals surface area contributed by atoms with Gasteiger partial charge in [0.05, 0.1) is 38.6 Å². The molecule has 0 spiro atoms. The van der Waals surface area contributed by atoms with Gasteiger partial charge in [0.25, 0.3) is 0 Å². The van der Waals surface area contributed by atoms with Crippen molar-refractivity contribution in [2.24, 2.45) is 0 Å². The molecule has 8 nitrogen and oxygen atoms in total. The highest BCUT2D eigenvalue weighted by atomic mass is 19.4. The number of hydrogen-bond acceptors (Lipinski definition) is 8. The molecule has 0 aliphatic carbocycles. The third-order valence-corrected chi connectivity index (χ3v) is 7.08. The Morgan fingerprint density at radius 1 is 0.660 bits per heavy atom. The fourth-order valence-electron chi connectivity index (χ4n) is 4.45. The zero-order chi connectivity index (χ0) is 36.1. The van der Waals surface area contributed by atoms with Crippen molar-refractivity contribution in [3.8, 4) is 23.0 Å². The van der Waals surface area contributed by atoms with Crippen LogP contribution in [0.1, 0.15) is 35.1 Å². The summed E-state index contributed by atoms with van der Waals surface area (Å²) in [5.74, 6) is -7.68. The third kappa shape index (κ3) is 10.3. The van der Waals surface area contributed by atoms with Gasteiger partial charge < -0.3 is 28.4 Å². The van der Waals surface area contributed by atoms with Crippen LogP contribution in [0.3, 0.4) is 0 Å². The summed E-state index contributed by atoms with van der Waals surface area (Å²) >= 11 is 0. The lowest BCUT2D eigenvalue weighted by Crippen LogP contribution is -2.21. The number of rotatable bonds is 14. The first-order valence-electron chi connectivity index (χ1n) is 14.9. The lowest BCUT2D eigenvalue weighted by Gasteiger charge is -2.21. The Bertz CT molecular complexity index is 1650. The van der Waals surface area contributed by atoms with Crippen molar-refractivity contribution in [2.45, 2.75) is 37.4 Å². The van der Waals surface area contributed by atoms with Crippen LogP contribution in [0.5, 0.6) is 23.0 Å². The van der Waals surface area contributed by atoms with Gasteiger partial charge in [-0.1, -0.05) is 0 Å². The zero-order valence-corrected chi connectivity index (χ0v) is 25.6. The number of carbonyl (C=O) groups is 2. The average Bonchev–Trinajstić information content (AvgIpc) is 3.97. The maximum absolute atomic E-state index is 14.5. The first-order valence-corrected chi connectivity index (χ1v) is 14.9. The molecule has 0 saturated carbocycles. The molecule has 2 unspecified atom stereocenters. The molecular weight excluding hydrogens is 688 g/mol. The van der Waals surface area contributed by atoms with Crippen LogP contribution >= 0.6 is 0 Å². The van der Waals surface area contributed by atoms with Crippen LogP contribution in [-0.2, 0) is 31.4 Å². The van der Waals surface area contributed by atoms with Gasteiger partial charge in [0.15, 0.2) is 0 Å². The number of benzene rings is 3. The molecule has 2 aliphatic rings. The minimum Gasteiger partial charge on any atom is -0.493 e. The molecule has 2 aliphatic heterocycles. The van der Waals surface area contributed by atoms with Gasteiger partial charge in [-0.05, 0) is 48.6 Å². The molecule has 0 amide bonds. The van der Waals surface area contributed by atoms with Gasteiger partial charge in [-0.3, -0.25) is 0 Å². The Hall–Kier alpha value is -4.96. The van der Waals surface area contributed by atoms with E-state index in [9.17, 15) is 44.7 Å². The van der Waals surface area contributed by atoms with Gasteiger partial charge in [-0.25, -0.2) is 18.4 Å². The van der Waals surface area contributed by atoms with Crippen LogP contribution in [0.15, 0.2) is 60.7 Å². The molecule has 2 saturated heterocycles. The predicted molar refractivity (Wildman–Crippen MR) is 158 cm³/mol. The third-order valence-electron chi connectivity index (χ3n) is 7.08. The maximum Gasteiger partial charge on any atom is 0.420 e. The van der Waals surface area contributed by atoms with Gasteiger partial charge in [-0.15, -0.1) is 0 Å². The fraction of sp³-hybridized carbons (Fsp3) is 0.294. The van der Waals surface area contributed by atoms with E-state index < -0.39 is 58.6 Å². The van der Waals surface area contributed by atoms with Gasteiger partial charge in [-0.2, -0.15) is 26.3 Å². The number of esters is 2. The second-order valence-corrected chi connectivity index (χ2v) is 10.9. The summed E-state index contributed by atoms with van der Waals surface area (Å²) in [4.78, 5) is 24.7. The van der Waals surface area contributed by atoms with E-state index in [2.05, 4.69) is 9.47 Å². The summed E-state index contributed by atoms with van der Waals surface area (Å²) in [6.45, 7) is 1.74. The second kappa shape index (κ2) is 15.3. The van der Waals surface area contributed by atoms with E-state index in [0.29, 0.717) is 50.3 Å². The lowest BCUT2D eigenvalue weighted by molar-refractivity contribution is -0.164. The monoisotopic (exact) mass is 714 g/mol. The number of carbonyl (C=O) groups excluding carboxylic acids is 2. The molecular formula is C34H26F8O8. The first kappa shape index (κ1) is 36.3. The van der Waals surface area contributed by atoms with Crippen LogP contribution in [-0.4, -0.2) is 50.6 Å². The van der Waals surface area contributed by atoms with Crippen molar-refractivity contribution >= 4 is 24.1 Å². The molecule has 5 rings (SSSR count). The van der Waals surface area contributed by atoms with E-state index in [-0.39, 0.29) is 48.0 Å². The molecule has 16 heteroatoms. The van der Waals surface area contributed by atoms with Crippen LogP contribution in [0.2, 0.25) is 0 Å². The van der Waals surface area contributed by atoms with E-state index in [1.165, 1.54) is 24.3 Å². The fourth-order valence-corrected chi connectivity index (χ4v) is 4.45. The Morgan fingerprint density at radius 3 is 1.36 bits per heavy atom. The van der Waals surface area contributed by atoms with Crippen LogP contribution in [0.25, 0.3) is 12.2 Å².